The average molecular weight is 485 g/mol. The Morgan fingerprint density at radius 1 is 1.17 bits per heavy atom. The molecule has 2 aromatic carbocycles. The van der Waals surface area contributed by atoms with Gasteiger partial charge in [0, 0.05) is 21.7 Å². The van der Waals surface area contributed by atoms with Gasteiger partial charge in [-0.2, -0.15) is 5.26 Å². The standard InChI is InChI=1S/C23H18BrFN2O2S/c1-13-21(14(2)28)22(16-3-7-17(24)8-4-16)19(11-26)23(27-13)30-12-20(29)15-5-9-18(25)10-6-15/h3-10,21-22H,12H2,1-2H3/t21?,22-/m0/s1. The van der Waals surface area contributed by atoms with E-state index in [0.29, 0.717) is 21.9 Å². The number of hydrogen-bond donors (Lipinski definition) is 0. The number of allylic oxidation sites excluding steroid dienone is 1. The lowest BCUT2D eigenvalue weighted by Crippen LogP contribution is -2.31. The maximum atomic E-state index is 13.1. The van der Waals surface area contributed by atoms with Crippen LogP contribution in [0.5, 0.6) is 0 Å². The highest BCUT2D eigenvalue weighted by molar-refractivity contribution is 9.10. The van der Waals surface area contributed by atoms with Gasteiger partial charge in [-0.15, -0.1) is 0 Å². The second-order valence-corrected chi connectivity index (χ2v) is 8.80. The molecule has 2 aromatic rings. The molecule has 1 aliphatic rings. The first-order valence-electron chi connectivity index (χ1n) is 9.18. The molecule has 0 spiro atoms. The van der Waals surface area contributed by atoms with Crippen LogP contribution < -0.4 is 0 Å². The summed E-state index contributed by atoms with van der Waals surface area (Å²) < 4.78 is 14.0. The number of thioether (sulfide) groups is 1. The molecule has 0 saturated carbocycles. The molecule has 2 atom stereocenters. The highest BCUT2D eigenvalue weighted by Gasteiger charge is 2.37. The third-order valence-corrected chi connectivity index (χ3v) is 6.42. The number of nitrogens with zero attached hydrogens (tertiary/aromatic N) is 2. The number of carbonyl (C=O) groups is 2. The minimum absolute atomic E-state index is 0.0563. The first-order valence-corrected chi connectivity index (χ1v) is 11.0. The summed E-state index contributed by atoms with van der Waals surface area (Å²) in [6.07, 6.45) is 0. The molecule has 0 N–H and O–H groups in total. The summed E-state index contributed by atoms with van der Waals surface area (Å²) in [6, 6.07) is 15.1. The highest BCUT2D eigenvalue weighted by Crippen LogP contribution is 2.42. The van der Waals surface area contributed by atoms with Crippen molar-refractivity contribution in [1.29, 1.82) is 5.26 Å². The number of carbonyl (C=O) groups excluding carboxylic acids is 2. The van der Waals surface area contributed by atoms with Crippen LogP contribution in [-0.4, -0.2) is 23.0 Å². The van der Waals surface area contributed by atoms with E-state index in [4.69, 9.17) is 0 Å². The molecule has 1 unspecified atom stereocenters. The lowest BCUT2D eigenvalue weighted by molar-refractivity contribution is -0.119. The first kappa shape index (κ1) is 22.1. The summed E-state index contributed by atoms with van der Waals surface area (Å²) in [6.45, 7) is 3.27. The van der Waals surface area contributed by atoms with Crippen LogP contribution in [0.25, 0.3) is 0 Å². The van der Waals surface area contributed by atoms with Gasteiger partial charge in [-0.3, -0.25) is 9.59 Å². The van der Waals surface area contributed by atoms with E-state index in [9.17, 15) is 19.2 Å². The summed E-state index contributed by atoms with van der Waals surface area (Å²) in [4.78, 5) is 29.4. The molecule has 4 nitrogen and oxygen atoms in total. The molecule has 0 saturated heterocycles. The van der Waals surface area contributed by atoms with Crippen molar-refractivity contribution < 1.29 is 14.0 Å². The van der Waals surface area contributed by atoms with Crippen molar-refractivity contribution in [2.75, 3.05) is 5.75 Å². The Labute approximate surface area is 187 Å². The van der Waals surface area contributed by atoms with E-state index < -0.39 is 17.7 Å². The highest BCUT2D eigenvalue weighted by atomic mass is 79.9. The van der Waals surface area contributed by atoms with Gasteiger partial charge in [0.1, 0.15) is 16.6 Å². The van der Waals surface area contributed by atoms with Gasteiger partial charge in [0.25, 0.3) is 0 Å². The number of Topliss-reactive ketones (excluding diaryl/α,β-unsaturated/α-hetero) is 2. The van der Waals surface area contributed by atoms with E-state index >= 15 is 0 Å². The average Bonchev–Trinajstić information content (AvgIpc) is 2.72. The number of aliphatic imine (C=N–C) groups is 1. The number of ketones is 2. The van der Waals surface area contributed by atoms with Crippen molar-refractivity contribution in [1.82, 2.24) is 0 Å². The Balaban J connectivity index is 1.95. The quantitative estimate of drug-likeness (QED) is 0.492. The van der Waals surface area contributed by atoms with Crippen LogP contribution in [0.2, 0.25) is 0 Å². The van der Waals surface area contributed by atoms with Gasteiger partial charge >= 0.3 is 0 Å². The molecule has 0 aliphatic carbocycles. The van der Waals surface area contributed by atoms with E-state index in [1.54, 1.807) is 6.92 Å². The Morgan fingerprint density at radius 3 is 2.37 bits per heavy atom. The third-order valence-electron chi connectivity index (χ3n) is 4.90. The van der Waals surface area contributed by atoms with E-state index in [2.05, 4.69) is 27.0 Å². The molecule has 1 heterocycles. The summed E-state index contributed by atoms with van der Waals surface area (Å²) in [5.74, 6) is -1.59. The molecule has 0 aromatic heterocycles. The van der Waals surface area contributed by atoms with Crippen LogP contribution in [0.1, 0.15) is 35.7 Å². The van der Waals surface area contributed by atoms with Gasteiger partial charge < -0.3 is 0 Å². The molecule has 3 rings (SSSR count). The first-order chi connectivity index (χ1) is 14.3. The van der Waals surface area contributed by atoms with Crippen LogP contribution in [0.15, 0.2) is 68.6 Å². The molecule has 30 heavy (non-hydrogen) atoms. The van der Waals surface area contributed by atoms with Gasteiger partial charge in [-0.05, 0) is 55.8 Å². The number of benzene rings is 2. The smallest absolute Gasteiger partial charge is 0.173 e. The van der Waals surface area contributed by atoms with Gasteiger partial charge in [0.2, 0.25) is 0 Å². The topological polar surface area (TPSA) is 70.3 Å². The van der Waals surface area contributed by atoms with Crippen molar-refractivity contribution >= 4 is 45.0 Å². The Morgan fingerprint density at radius 2 is 1.80 bits per heavy atom. The van der Waals surface area contributed by atoms with Crippen molar-refractivity contribution in [3.8, 4) is 6.07 Å². The van der Waals surface area contributed by atoms with Gasteiger partial charge in [-0.25, -0.2) is 9.38 Å². The minimum atomic E-state index is -0.530. The van der Waals surface area contributed by atoms with Crippen LogP contribution in [0, 0.1) is 23.1 Å². The second kappa shape index (κ2) is 9.50. The summed E-state index contributed by atoms with van der Waals surface area (Å²) in [5.41, 5.74) is 2.23. The third kappa shape index (κ3) is 4.77. The Hall–Kier alpha value is -2.56. The number of rotatable bonds is 6. The molecule has 7 heteroatoms. The fourth-order valence-electron chi connectivity index (χ4n) is 3.47. The number of hydrogen-bond acceptors (Lipinski definition) is 5. The summed E-state index contributed by atoms with van der Waals surface area (Å²) in [5, 5.41) is 10.3. The normalized spacial score (nSPS) is 18.6. The van der Waals surface area contributed by atoms with Gasteiger partial charge in [0.15, 0.2) is 5.78 Å². The molecular formula is C23H18BrFN2O2S. The zero-order chi connectivity index (χ0) is 21.8. The van der Waals surface area contributed by atoms with Crippen LogP contribution in [0.4, 0.5) is 4.39 Å². The molecule has 0 radical (unpaired) electrons. The number of nitriles is 1. The molecule has 0 fully saturated rings. The van der Waals surface area contributed by atoms with Crippen LogP contribution in [0.3, 0.4) is 0 Å². The molecular weight excluding hydrogens is 467 g/mol. The van der Waals surface area contributed by atoms with Crippen molar-refractivity contribution in [2.24, 2.45) is 10.9 Å². The van der Waals surface area contributed by atoms with Crippen LogP contribution >= 0.6 is 27.7 Å². The summed E-state index contributed by atoms with van der Waals surface area (Å²) >= 11 is 4.57. The Bertz CT molecular complexity index is 1090. The lowest BCUT2D eigenvalue weighted by Gasteiger charge is -2.30. The zero-order valence-corrected chi connectivity index (χ0v) is 18.8. The second-order valence-electron chi connectivity index (χ2n) is 6.92. The van der Waals surface area contributed by atoms with E-state index in [1.807, 2.05) is 24.3 Å². The van der Waals surface area contributed by atoms with Crippen molar-refractivity contribution in [3.05, 3.63) is 80.5 Å². The number of halogens is 2. The van der Waals surface area contributed by atoms with Crippen LogP contribution in [-0.2, 0) is 4.79 Å². The monoisotopic (exact) mass is 484 g/mol. The summed E-state index contributed by atoms with van der Waals surface area (Å²) in [7, 11) is 0. The molecule has 0 bridgehead atoms. The minimum Gasteiger partial charge on any atom is -0.299 e. The molecule has 1 aliphatic heterocycles. The maximum absolute atomic E-state index is 13.1. The fraction of sp³-hybridized carbons (Fsp3) is 0.217. The largest absolute Gasteiger partial charge is 0.299 e. The van der Waals surface area contributed by atoms with Gasteiger partial charge in [-0.1, -0.05) is 39.8 Å². The van der Waals surface area contributed by atoms with Crippen molar-refractivity contribution in [2.45, 2.75) is 19.8 Å². The zero-order valence-electron chi connectivity index (χ0n) is 16.4. The predicted molar refractivity (Wildman–Crippen MR) is 120 cm³/mol. The lowest BCUT2D eigenvalue weighted by atomic mass is 9.75. The van der Waals surface area contributed by atoms with Gasteiger partial charge in [0.05, 0.1) is 23.3 Å². The maximum Gasteiger partial charge on any atom is 0.173 e. The molecule has 0 amide bonds. The Kier molecular flexibility index (Phi) is 7.01. The fourth-order valence-corrected chi connectivity index (χ4v) is 4.70. The van der Waals surface area contributed by atoms with E-state index in [-0.39, 0.29) is 17.3 Å². The van der Waals surface area contributed by atoms with E-state index in [1.165, 1.54) is 31.2 Å². The SMILES string of the molecule is CC(=O)C1C(C)=NC(SCC(=O)c2ccc(F)cc2)=C(C#N)[C@@H]1c1ccc(Br)cc1. The van der Waals surface area contributed by atoms with E-state index in [0.717, 1.165) is 21.8 Å². The predicted octanol–water partition coefficient (Wildman–Crippen LogP) is 5.70. The van der Waals surface area contributed by atoms with Crippen molar-refractivity contribution in [3.63, 3.8) is 0 Å². The molecule has 152 valence electrons.